The third-order valence-electron chi connectivity index (χ3n) is 3.83. The maximum absolute atomic E-state index is 11.7. The molecular weight excluding hydrogens is 244 g/mol. The van der Waals surface area contributed by atoms with Crippen LogP contribution in [0.15, 0.2) is 30.3 Å². The van der Waals surface area contributed by atoms with Crippen molar-refractivity contribution in [3.05, 3.63) is 35.9 Å². The van der Waals surface area contributed by atoms with E-state index in [1.165, 1.54) is 0 Å². The van der Waals surface area contributed by atoms with Gasteiger partial charge in [0, 0.05) is 0 Å². The van der Waals surface area contributed by atoms with Gasteiger partial charge >= 0.3 is 5.97 Å². The number of carbonyl (C=O) groups excluding carboxylic acids is 2. The van der Waals surface area contributed by atoms with Gasteiger partial charge in [-0.2, -0.15) is 0 Å². The summed E-state index contributed by atoms with van der Waals surface area (Å²) in [6.07, 6.45) is 2.75. The molecule has 2 atom stereocenters. The van der Waals surface area contributed by atoms with Crippen LogP contribution in [0.3, 0.4) is 0 Å². The van der Waals surface area contributed by atoms with Crippen LogP contribution in [-0.4, -0.2) is 30.1 Å². The van der Waals surface area contributed by atoms with Crippen molar-refractivity contribution in [1.29, 1.82) is 0 Å². The number of carbonyl (C=O) groups is 2. The lowest BCUT2D eigenvalue weighted by Gasteiger charge is -2.25. The molecule has 0 unspecified atom stereocenters. The van der Waals surface area contributed by atoms with Crippen molar-refractivity contribution in [3.63, 3.8) is 0 Å². The van der Waals surface area contributed by atoms with Crippen molar-refractivity contribution < 1.29 is 19.4 Å². The van der Waals surface area contributed by atoms with Crippen molar-refractivity contribution >= 4 is 12.3 Å². The lowest BCUT2D eigenvalue weighted by molar-refractivity contribution is -0.122. The van der Waals surface area contributed by atoms with Crippen LogP contribution in [0.5, 0.6) is 0 Å². The fraction of sp³-hybridized carbons (Fsp3) is 0.467. The summed E-state index contributed by atoms with van der Waals surface area (Å²) in [7, 11) is 0. The summed E-state index contributed by atoms with van der Waals surface area (Å²) in [5.41, 5.74) is -0.230. The molecule has 4 heteroatoms. The minimum Gasteiger partial charge on any atom is -0.462 e. The van der Waals surface area contributed by atoms with Crippen molar-refractivity contribution in [2.75, 3.05) is 6.61 Å². The summed E-state index contributed by atoms with van der Waals surface area (Å²) < 4.78 is 5.16. The van der Waals surface area contributed by atoms with E-state index in [-0.39, 0.29) is 6.61 Å². The molecule has 0 radical (unpaired) electrons. The lowest BCUT2D eigenvalue weighted by atomic mass is 9.83. The molecule has 19 heavy (non-hydrogen) atoms. The van der Waals surface area contributed by atoms with Gasteiger partial charge in [0.15, 0.2) is 0 Å². The van der Waals surface area contributed by atoms with Gasteiger partial charge in [0.2, 0.25) is 0 Å². The Labute approximate surface area is 112 Å². The Bertz CT molecular complexity index is 443. The maximum Gasteiger partial charge on any atom is 0.338 e. The van der Waals surface area contributed by atoms with Crippen LogP contribution in [-0.2, 0) is 9.53 Å². The van der Waals surface area contributed by atoms with Gasteiger partial charge in [-0.25, -0.2) is 4.79 Å². The van der Waals surface area contributed by atoms with E-state index in [9.17, 15) is 14.7 Å². The summed E-state index contributed by atoms with van der Waals surface area (Å²) in [6, 6.07) is 8.73. The van der Waals surface area contributed by atoms with Crippen LogP contribution in [0, 0.1) is 5.41 Å². The van der Waals surface area contributed by atoms with Gasteiger partial charge < -0.3 is 14.6 Å². The fourth-order valence-corrected chi connectivity index (χ4v) is 2.56. The van der Waals surface area contributed by atoms with E-state index in [0.717, 1.165) is 12.7 Å². The van der Waals surface area contributed by atoms with E-state index >= 15 is 0 Å². The van der Waals surface area contributed by atoms with Crippen molar-refractivity contribution in [2.45, 2.75) is 31.8 Å². The van der Waals surface area contributed by atoms with Crippen LogP contribution < -0.4 is 0 Å². The molecule has 102 valence electrons. The zero-order chi connectivity index (χ0) is 13.7. The first kappa shape index (κ1) is 13.7. The molecular formula is C15H18O4. The standard InChI is InChI=1S/C15H18O4/c16-11-15(8-4-7-13(15)17)9-10-19-14(18)12-5-2-1-3-6-12/h1-3,5-6,11,13,17H,4,7-10H2/t13-,15+/m0/s1. The monoisotopic (exact) mass is 262 g/mol. The molecule has 0 heterocycles. The van der Waals surface area contributed by atoms with E-state index < -0.39 is 17.5 Å². The second kappa shape index (κ2) is 5.97. The Morgan fingerprint density at radius 2 is 2.16 bits per heavy atom. The third-order valence-corrected chi connectivity index (χ3v) is 3.83. The number of aliphatic hydroxyl groups is 1. The number of esters is 1. The summed E-state index contributed by atoms with van der Waals surface area (Å²) in [5.74, 6) is -0.394. The zero-order valence-electron chi connectivity index (χ0n) is 10.7. The molecule has 1 saturated carbocycles. The van der Waals surface area contributed by atoms with Crippen LogP contribution in [0.1, 0.15) is 36.0 Å². The van der Waals surface area contributed by atoms with Crippen LogP contribution in [0.25, 0.3) is 0 Å². The SMILES string of the molecule is O=C[C@]1(CCOC(=O)c2ccccc2)CCC[C@@H]1O. The van der Waals surface area contributed by atoms with Crippen molar-refractivity contribution in [1.82, 2.24) is 0 Å². The number of rotatable bonds is 5. The largest absolute Gasteiger partial charge is 0.462 e. The number of aliphatic hydroxyl groups excluding tert-OH is 1. The van der Waals surface area contributed by atoms with Crippen molar-refractivity contribution in [3.8, 4) is 0 Å². The molecule has 4 nitrogen and oxygen atoms in total. The minimum absolute atomic E-state index is 0.156. The normalized spacial score (nSPS) is 26.1. The molecule has 1 N–H and O–H groups in total. The molecule has 0 bridgehead atoms. The van der Waals surface area contributed by atoms with Gasteiger partial charge in [0.25, 0.3) is 0 Å². The average molecular weight is 262 g/mol. The van der Waals surface area contributed by atoms with Gasteiger partial charge in [-0.1, -0.05) is 18.2 Å². The number of hydrogen-bond acceptors (Lipinski definition) is 4. The number of hydrogen-bond donors (Lipinski definition) is 1. The van der Waals surface area contributed by atoms with Crippen molar-refractivity contribution in [2.24, 2.45) is 5.41 Å². The Balaban J connectivity index is 1.86. The van der Waals surface area contributed by atoms with Crippen LogP contribution >= 0.6 is 0 Å². The Morgan fingerprint density at radius 3 is 2.74 bits per heavy atom. The van der Waals surface area contributed by atoms with Crippen LogP contribution in [0.4, 0.5) is 0 Å². The summed E-state index contributed by atoms with van der Waals surface area (Å²) in [4.78, 5) is 22.9. The molecule has 1 fully saturated rings. The second-order valence-electron chi connectivity index (χ2n) is 5.01. The predicted molar refractivity (Wildman–Crippen MR) is 69.7 cm³/mol. The van der Waals surface area contributed by atoms with Gasteiger partial charge in [-0.05, 0) is 37.8 Å². The summed E-state index contributed by atoms with van der Waals surface area (Å²) >= 11 is 0. The Kier molecular flexibility index (Phi) is 4.32. The summed E-state index contributed by atoms with van der Waals surface area (Å²) in [5, 5.41) is 9.85. The summed E-state index contributed by atoms with van der Waals surface area (Å²) in [6.45, 7) is 0.156. The number of benzene rings is 1. The zero-order valence-corrected chi connectivity index (χ0v) is 10.7. The highest BCUT2D eigenvalue weighted by atomic mass is 16.5. The molecule has 0 spiro atoms. The Hall–Kier alpha value is -1.68. The van der Waals surface area contributed by atoms with E-state index in [1.54, 1.807) is 24.3 Å². The average Bonchev–Trinajstić information content (AvgIpc) is 2.81. The highest BCUT2D eigenvalue weighted by Crippen LogP contribution is 2.39. The molecule has 0 aliphatic heterocycles. The molecule has 1 aromatic carbocycles. The van der Waals surface area contributed by atoms with Gasteiger partial charge in [0.1, 0.15) is 6.29 Å². The minimum atomic E-state index is -0.725. The molecule has 0 saturated heterocycles. The highest BCUT2D eigenvalue weighted by Gasteiger charge is 2.41. The molecule has 1 aromatic rings. The van der Waals surface area contributed by atoms with Gasteiger partial charge in [-0.3, -0.25) is 0 Å². The molecule has 1 aliphatic carbocycles. The highest BCUT2D eigenvalue weighted by molar-refractivity contribution is 5.89. The van der Waals surface area contributed by atoms with Gasteiger partial charge in [0.05, 0.1) is 23.7 Å². The maximum atomic E-state index is 11.7. The number of ether oxygens (including phenoxy) is 1. The number of aldehydes is 1. The van der Waals surface area contributed by atoms with E-state index in [0.29, 0.717) is 24.8 Å². The predicted octanol–water partition coefficient (Wildman–Crippen LogP) is 1.96. The molecule has 0 amide bonds. The first-order valence-electron chi connectivity index (χ1n) is 6.54. The second-order valence-corrected chi connectivity index (χ2v) is 5.01. The fourth-order valence-electron chi connectivity index (χ4n) is 2.56. The molecule has 1 aliphatic rings. The van der Waals surface area contributed by atoms with E-state index in [1.807, 2.05) is 6.07 Å². The first-order chi connectivity index (χ1) is 9.18. The first-order valence-corrected chi connectivity index (χ1v) is 6.54. The van der Waals surface area contributed by atoms with E-state index in [2.05, 4.69) is 0 Å². The molecule has 2 rings (SSSR count). The lowest BCUT2D eigenvalue weighted by Crippen LogP contribution is -2.33. The van der Waals surface area contributed by atoms with Gasteiger partial charge in [-0.15, -0.1) is 0 Å². The van der Waals surface area contributed by atoms with E-state index in [4.69, 9.17) is 4.74 Å². The van der Waals surface area contributed by atoms with Crippen LogP contribution in [0.2, 0.25) is 0 Å². The molecule has 0 aromatic heterocycles. The quantitative estimate of drug-likeness (QED) is 0.651. The Morgan fingerprint density at radius 1 is 1.42 bits per heavy atom. The smallest absolute Gasteiger partial charge is 0.338 e. The third kappa shape index (κ3) is 3.01. The topological polar surface area (TPSA) is 63.6 Å².